The van der Waals surface area contributed by atoms with Crippen molar-refractivity contribution < 1.29 is 9.18 Å². The monoisotopic (exact) mass is 285 g/mol. The van der Waals surface area contributed by atoms with Gasteiger partial charge in [0.1, 0.15) is 5.82 Å². The topological polar surface area (TPSA) is 29.1 Å². The Morgan fingerprint density at radius 1 is 1.10 bits per heavy atom. The number of carbonyl (C=O) groups is 1. The highest BCUT2D eigenvalue weighted by atomic mass is 19.1. The van der Waals surface area contributed by atoms with E-state index in [0.29, 0.717) is 13.0 Å². The van der Waals surface area contributed by atoms with Gasteiger partial charge in [-0.2, -0.15) is 0 Å². The molecule has 2 aromatic rings. The van der Waals surface area contributed by atoms with E-state index in [1.807, 2.05) is 37.3 Å². The fraction of sp³-hybridized carbons (Fsp3) is 0.278. The molecule has 0 radical (unpaired) electrons. The highest BCUT2D eigenvalue weighted by Crippen LogP contribution is 2.19. The molecule has 0 aliphatic rings. The molecule has 0 fully saturated rings. The zero-order chi connectivity index (χ0) is 15.1. The summed E-state index contributed by atoms with van der Waals surface area (Å²) in [6.07, 6.45) is 1.48. The van der Waals surface area contributed by atoms with Crippen molar-refractivity contribution in [1.82, 2.24) is 5.32 Å². The van der Waals surface area contributed by atoms with Crippen LogP contribution in [0.1, 0.15) is 30.4 Å². The second-order valence-electron chi connectivity index (χ2n) is 5.04. The Hall–Kier alpha value is -2.16. The van der Waals surface area contributed by atoms with Crippen molar-refractivity contribution in [3.05, 3.63) is 71.5 Å². The molecular formula is C18H20FNO. The van der Waals surface area contributed by atoms with E-state index in [1.165, 1.54) is 12.1 Å². The van der Waals surface area contributed by atoms with Crippen molar-refractivity contribution >= 4 is 5.91 Å². The van der Waals surface area contributed by atoms with Gasteiger partial charge in [-0.15, -0.1) is 0 Å². The third-order valence-electron chi connectivity index (χ3n) is 3.55. The molecule has 2 aromatic carbocycles. The Morgan fingerprint density at radius 3 is 2.38 bits per heavy atom. The van der Waals surface area contributed by atoms with Gasteiger partial charge >= 0.3 is 0 Å². The highest BCUT2D eigenvalue weighted by molar-refractivity contribution is 5.83. The first kappa shape index (κ1) is 15.2. The van der Waals surface area contributed by atoms with Gasteiger partial charge in [0.15, 0.2) is 0 Å². The molecule has 2 nitrogen and oxygen atoms in total. The molecule has 110 valence electrons. The standard InChI is InChI=1S/C18H20FNO/c1-2-17(15-6-4-3-5-7-15)18(21)20-13-12-14-8-10-16(19)11-9-14/h3-11,17H,2,12-13H2,1H3,(H,20,21). The van der Waals surface area contributed by atoms with Gasteiger partial charge in [-0.25, -0.2) is 4.39 Å². The predicted molar refractivity (Wildman–Crippen MR) is 82.6 cm³/mol. The average Bonchev–Trinajstić information content (AvgIpc) is 2.51. The van der Waals surface area contributed by atoms with Crippen molar-refractivity contribution in [2.24, 2.45) is 0 Å². The number of halogens is 1. The Bertz CT molecular complexity index is 566. The first-order valence-electron chi connectivity index (χ1n) is 7.27. The van der Waals surface area contributed by atoms with Crippen LogP contribution in [0.2, 0.25) is 0 Å². The summed E-state index contributed by atoms with van der Waals surface area (Å²) in [6.45, 7) is 2.57. The van der Waals surface area contributed by atoms with E-state index in [9.17, 15) is 9.18 Å². The van der Waals surface area contributed by atoms with E-state index in [1.54, 1.807) is 12.1 Å². The minimum atomic E-state index is -0.238. The van der Waals surface area contributed by atoms with Crippen molar-refractivity contribution in [3.63, 3.8) is 0 Å². The van der Waals surface area contributed by atoms with Crippen LogP contribution in [-0.2, 0) is 11.2 Å². The SMILES string of the molecule is CCC(C(=O)NCCc1ccc(F)cc1)c1ccccc1. The van der Waals surface area contributed by atoms with Crippen LogP contribution in [0.4, 0.5) is 4.39 Å². The smallest absolute Gasteiger partial charge is 0.227 e. The van der Waals surface area contributed by atoms with Crippen LogP contribution in [0.3, 0.4) is 0 Å². The van der Waals surface area contributed by atoms with Gasteiger partial charge in [0.05, 0.1) is 5.92 Å². The maximum absolute atomic E-state index is 12.8. The van der Waals surface area contributed by atoms with Crippen molar-refractivity contribution in [2.75, 3.05) is 6.54 Å². The normalized spacial score (nSPS) is 11.9. The zero-order valence-electron chi connectivity index (χ0n) is 12.2. The minimum absolute atomic E-state index is 0.0470. The first-order valence-corrected chi connectivity index (χ1v) is 7.27. The van der Waals surface area contributed by atoms with Gasteiger partial charge in [-0.1, -0.05) is 49.4 Å². The molecular weight excluding hydrogens is 265 g/mol. The first-order chi connectivity index (χ1) is 10.2. The highest BCUT2D eigenvalue weighted by Gasteiger charge is 2.17. The van der Waals surface area contributed by atoms with Gasteiger partial charge in [0, 0.05) is 6.54 Å². The molecule has 0 aliphatic carbocycles. The second kappa shape index (κ2) is 7.58. The van der Waals surface area contributed by atoms with Crippen LogP contribution in [0.5, 0.6) is 0 Å². The lowest BCUT2D eigenvalue weighted by atomic mass is 9.95. The van der Waals surface area contributed by atoms with E-state index >= 15 is 0 Å². The molecule has 0 saturated carbocycles. The number of amides is 1. The molecule has 0 saturated heterocycles. The molecule has 0 aromatic heterocycles. The van der Waals surface area contributed by atoms with E-state index in [2.05, 4.69) is 5.32 Å². The lowest BCUT2D eigenvalue weighted by Gasteiger charge is -2.15. The summed E-state index contributed by atoms with van der Waals surface area (Å²) in [6, 6.07) is 16.2. The maximum Gasteiger partial charge on any atom is 0.227 e. The minimum Gasteiger partial charge on any atom is -0.355 e. The van der Waals surface area contributed by atoms with Crippen LogP contribution < -0.4 is 5.32 Å². The van der Waals surface area contributed by atoms with Crippen molar-refractivity contribution in [3.8, 4) is 0 Å². The summed E-state index contributed by atoms with van der Waals surface area (Å²) in [5.74, 6) is -0.303. The molecule has 3 heteroatoms. The summed E-state index contributed by atoms with van der Waals surface area (Å²) in [4.78, 5) is 12.2. The summed E-state index contributed by atoms with van der Waals surface area (Å²) in [5, 5.41) is 2.96. The Labute approximate surface area is 125 Å². The van der Waals surface area contributed by atoms with Gasteiger partial charge in [-0.05, 0) is 36.1 Å². The number of nitrogens with one attached hydrogen (secondary N) is 1. The van der Waals surface area contributed by atoms with Gasteiger partial charge in [0.25, 0.3) is 0 Å². The van der Waals surface area contributed by atoms with Crippen LogP contribution in [0.25, 0.3) is 0 Å². The number of carbonyl (C=O) groups excluding carboxylic acids is 1. The largest absolute Gasteiger partial charge is 0.355 e. The number of rotatable bonds is 6. The summed E-state index contributed by atoms with van der Waals surface area (Å²) in [7, 11) is 0. The molecule has 2 rings (SSSR count). The molecule has 1 atom stereocenters. The molecule has 1 amide bonds. The fourth-order valence-electron chi connectivity index (χ4n) is 2.36. The molecule has 1 unspecified atom stereocenters. The molecule has 1 N–H and O–H groups in total. The maximum atomic E-state index is 12.8. The van der Waals surface area contributed by atoms with E-state index in [0.717, 1.165) is 17.5 Å². The Balaban J connectivity index is 1.87. The second-order valence-corrected chi connectivity index (χ2v) is 5.04. The molecule has 0 aliphatic heterocycles. The van der Waals surface area contributed by atoms with Crippen LogP contribution in [0.15, 0.2) is 54.6 Å². The van der Waals surface area contributed by atoms with E-state index in [-0.39, 0.29) is 17.6 Å². The summed E-state index contributed by atoms with van der Waals surface area (Å²) < 4.78 is 12.8. The molecule has 0 heterocycles. The Kier molecular flexibility index (Phi) is 5.50. The summed E-state index contributed by atoms with van der Waals surface area (Å²) in [5.41, 5.74) is 2.06. The van der Waals surface area contributed by atoms with Crippen LogP contribution in [0, 0.1) is 5.82 Å². The number of hydrogen-bond acceptors (Lipinski definition) is 1. The van der Waals surface area contributed by atoms with Gasteiger partial charge in [0.2, 0.25) is 5.91 Å². The van der Waals surface area contributed by atoms with Crippen LogP contribution in [-0.4, -0.2) is 12.5 Å². The zero-order valence-corrected chi connectivity index (χ0v) is 12.2. The van der Waals surface area contributed by atoms with Crippen molar-refractivity contribution in [1.29, 1.82) is 0 Å². The Morgan fingerprint density at radius 2 is 1.76 bits per heavy atom. The molecule has 0 bridgehead atoms. The van der Waals surface area contributed by atoms with Crippen LogP contribution >= 0.6 is 0 Å². The van der Waals surface area contributed by atoms with E-state index < -0.39 is 0 Å². The fourth-order valence-corrected chi connectivity index (χ4v) is 2.36. The lowest BCUT2D eigenvalue weighted by Crippen LogP contribution is -2.30. The summed E-state index contributed by atoms with van der Waals surface area (Å²) >= 11 is 0. The predicted octanol–water partition coefficient (Wildman–Crippen LogP) is 3.68. The molecule has 0 spiro atoms. The number of benzene rings is 2. The quantitative estimate of drug-likeness (QED) is 0.862. The van der Waals surface area contributed by atoms with Gasteiger partial charge < -0.3 is 5.32 Å². The molecule has 21 heavy (non-hydrogen) atoms. The van der Waals surface area contributed by atoms with Gasteiger partial charge in [-0.3, -0.25) is 4.79 Å². The van der Waals surface area contributed by atoms with E-state index in [4.69, 9.17) is 0 Å². The van der Waals surface area contributed by atoms with Crippen molar-refractivity contribution in [2.45, 2.75) is 25.7 Å². The third-order valence-corrected chi connectivity index (χ3v) is 3.55. The number of hydrogen-bond donors (Lipinski definition) is 1. The lowest BCUT2D eigenvalue weighted by molar-refractivity contribution is -0.122. The third kappa shape index (κ3) is 4.42. The average molecular weight is 285 g/mol.